The summed E-state index contributed by atoms with van der Waals surface area (Å²) < 4.78 is 41.7. The second-order valence-corrected chi connectivity index (χ2v) is 7.72. The lowest BCUT2D eigenvalue weighted by Crippen LogP contribution is -2.33. The molecule has 1 aliphatic rings. The minimum Gasteiger partial charge on any atom is -0.484 e. The van der Waals surface area contributed by atoms with Gasteiger partial charge in [-0.3, -0.25) is 9.69 Å². The SMILES string of the molecule is O=C(CN1CCCCCC1)Nc1ccc(NCc2cccc(OCC(F)(F)F)c2)cc1. The zero-order valence-electron chi connectivity index (χ0n) is 17.4. The normalized spacial score (nSPS) is 15.2. The average Bonchev–Trinajstić information content (AvgIpc) is 3.00. The Balaban J connectivity index is 1.45. The van der Waals surface area contributed by atoms with E-state index in [4.69, 9.17) is 4.74 Å². The molecule has 2 N–H and O–H groups in total. The van der Waals surface area contributed by atoms with E-state index >= 15 is 0 Å². The van der Waals surface area contributed by atoms with Crippen molar-refractivity contribution in [3.8, 4) is 5.75 Å². The number of ether oxygens (including phenoxy) is 1. The van der Waals surface area contributed by atoms with Crippen molar-refractivity contribution in [1.29, 1.82) is 0 Å². The van der Waals surface area contributed by atoms with E-state index in [0.29, 0.717) is 13.1 Å². The number of nitrogens with one attached hydrogen (secondary N) is 2. The lowest BCUT2D eigenvalue weighted by molar-refractivity contribution is -0.153. The van der Waals surface area contributed by atoms with Crippen LogP contribution in [0.1, 0.15) is 31.2 Å². The van der Waals surface area contributed by atoms with E-state index in [1.165, 1.54) is 18.9 Å². The van der Waals surface area contributed by atoms with Crippen LogP contribution >= 0.6 is 0 Å². The van der Waals surface area contributed by atoms with Crippen molar-refractivity contribution in [2.45, 2.75) is 38.4 Å². The van der Waals surface area contributed by atoms with E-state index in [1.54, 1.807) is 12.1 Å². The van der Waals surface area contributed by atoms with Gasteiger partial charge in [-0.05, 0) is 67.9 Å². The standard InChI is InChI=1S/C23H28F3N3O2/c24-23(25,26)17-31-21-7-5-6-18(14-21)15-27-19-8-10-20(11-9-19)28-22(30)16-29-12-3-1-2-4-13-29/h5-11,14,27H,1-4,12-13,15-17H2,(H,28,30). The summed E-state index contributed by atoms with van der Waals surface area (Å²) >= 11 is 0. The first kappa shape index (κ1) is 22.9. The highest BCUT2D eigenvalue weighted by Crippen LogP contribution is 2.20. The van der Waals surface area contributed by atoms with E-state index in [-0.39, 0.29) is 11.7 Å². The van der Waals surface area contributed by atoms with Crippen LogP contribution in [-0.2, 0) is 11.3 Å². The predicted octanol–water partition coefficient (Wildman–Crippen LogP) is 5.05. The second kappa shape index (κ2) is 11.0. The van der Waals surface area contributed by atoms with E-state index < -0.39 is 12.8 Å². The maximum atomic E-state index is 12.3. The van der Waals surface area contributed by atoms with Crippen molar-refractivity contribution < 1.29 is 22.7 Å². The molecule has 168 valence electrons. The third-order valence-corrected chi connectivity index (χ3v) is 5.03. The summed E-state index contributed by atoms with van der Waals surface area (Å²) in [6, 6.07) is 13.9. The van der Waals surface area contributed by atoms with Gasteiger partial charge in [0, 0.05) is 17.9 Å². The monoisotopic (exact) mass is 435 g/mol. The Morgan fingerprint density at radius 1 is 0.968 bits per heavy atom. The van der Waals surface area contributed by atoms with Crippen LogP contribution in [0.4, 0.5) is 24.5 Å². The van der Waals surface area contributed by atoms with Gasteiger partial charge in [0.2, 0.25) is 5.91 Å². The molecule has 8 heteroatoms. The molecule has 1 fully saturated rings. The molecule has 0 aromatic heterocycles. The molecule has 31 heavy (non-hydrogen) atoms. The smallest absolute Gasteiger partial charge is 0.422 e. The van der Waals surface area contributed by atoms with Crippen LogP contribution in [0.15, 0.2) is 48.5 Å². The molecule has 0 bridgehead atoms. The number of nitrogens with zero attached hydrogens (tertiary/aromatic N) is 1. The summed E-state index contributed by atoms with van der Waals surface area (Å²) in [5.74, 6) is 0.164. The number of carbonyl (C=O) groups excluding carboxylic acids is 1. The quantitative estimate of drug-likeness (QED) is 0.609. The van der Waals surface area contributed by atoms with E-state index in [2.05, 4.69) is 15.5 Å². The minimum absolute atomic E-state index is 0.0155. The van der Waals surface area contributed by atoms with Crippen molar-refractivity contribution in [3.05, 3.63) is 54.1 Å². The summed E-state index contributed by atoms with van der Waals surface area (Å²) in [6.45, 7) is 1.48. The van der Waals surface area contributed by atoms with Gasteiger partial charge >= 0.3 is 6.18 Å². The topological polar surface area (TPSA) is 53.6 Å². The van der Waals surface area contributed by atoms with Crippen molar-refractivity contribution in [2.75, 3.05) is 36.9 Å². The van der Waals surface area contributed by atoms with E-state index in [1.807, 2.05) is 30.3 Å². The molecule has 0 radical (unpaired) electrons. The van der Waals surface area contributed by atoms with Crippen LogP contribution in [0.5, 0.6) is 5.75 Å². The van der Waals surface area contributed by atoms with Crippen LogP contribution in [0.2, 0.25) is 0 Å². The van der Waals surface area contributed by atoms with Gasteiger partial charge in [-0.2, -0.15) is 13.2 Å². The lowest BCUT2D eigenvalue weighted by atomic mass is 10.2. The van der Waals surface area contributed by atoms with Gasteiger partial charge < -0.3 is 15.4 Å². The summed E-state index contributed by atoms with van der Waals surface area (Å²) in [7, 11) is 0. The van der Waals surface area contributed by atoms with Crippen LogP contribution in [-0.4, -0.2) is 43.2 Å². The average molecular weight is 435 g/mol. The van der Waals surface area contributed by atoms with Crippen molar-refractivity contribution in [3.63, 3.8) is 0 Å². The Morgan fingerprint density at radius 2 is 1.65 bits per heavy atom. The molecule has 0 atom stereocenters. The number of carbonyl (C=O) groups is 1. The molecule has 3 rings (SSSR count). The fourth-order valence-corrected chi connectivity index (χ4v) is 3.48. The molecule has 0 aliphatic carbocycles. The van der Waals surface area contributed by atoms with Gasteiger partial charge in [-0.1, -0.05) is 25.0 Å². The molecule has 1 heterocycles. The van der Waals surface area contributed by atoms with Crippen LogP contribution in [0.25, 0.3) is 0 Å². The molecule has 2 aromatic carbocycles. The van der Waals surface area contributed by atoms with Crippen LogP contribution in [0.3, 0.4) is 0 Å². The molecule has 0 unspecified atom stereocenters. The lowest BCUT2D eigenvalue weighted by Gasteiger charge is -2.19. The molecular formula is C23H28F3N3O2. The molecule has 0 spiro atoms. The number of likely N-dealkylation sites (tertiary alicyclic amines) is 1. The third kappa shape index (κ3) is 8.49. The fourth-order valence-electron chi connectivity index (χ4n) is 3.48. The molecule has 0 saturated carbocycles. The summed E-state index contributed by atoms with van der Waals surface area (Å²) in [6.07, 6.45) is 0.392. The Bertz CT molecular complexity index is 833. The van der Waals surface area contributed by atoms with Gasteiger partial charge in [-0.15, -0.1) is 0 Å². The zero-order chi connectivity index (χ0) is 22.1. The predicted molar refractivity (Wildman–Crippen MR) is 115 cm³/mol. The first-order valence-electron chi connectivity index (χ1n) is 10.5. The third-order valence-electron chi connectivity index (χ3n) is 5.03. The molecule has 2 aromatic rings. The minimum atomic E-state index is -4.36. The van der Waals surface area contributed by atoms with Gasteiger partial charge in [-0.25, -0.2) is 0 Å². The highest BCUT2D eigenvalue weighted by atomic mass is 19.4. The second-order valence-electron chi connectivity index (χ2n) is 7.72. The number of anilines is 2. The zero-order valence-corrected chi connectivity index (χ0v) is 17.4. The molecule has 1 aliphatic heterocycles. The molecule has 5 nitrogen and oxygen atoms in total. The summed E-state index contributed by atoms with van der Waals surface area (Å²) in [4.78, 5) is 14.5. The van der Waals surface area contributed by atoms with Crippen molar-refractivity contribution >= 4 is 17.3 Å². The van der Waals surface area contributed by atoms with Crippen molar-refractivity contribution in [1.82, 2.24) is 4.90 Å². The van der Waals surface area contributed by atoms with Crippen molar-refractivity contribution in [2.24, 2.45) is 0 Å². The number of amides is 1. The fraction of sp³-hybridized carbons (Fsp3) is 0.435. The number of benzene rings is 2. The van der Waals surface area contributed by atoms with Gasteiger partial charge in [0.05, 0.1) is 6.54 Å². The number of halogens is 3. The Hall–Kier alpha value is -2.74. The molecule has 1 saturated heterocycles. The highest BCUT2D eigenvalue weighted by molar-refractivity contribution is 5.92. The Morgan fingerprint density at radius 3 is 2.32 bits per heavy atom. The largest absolute Gasteiger partial charge is 0.484 e. The number of hydrogen-bond donors (Lipinski definition) is 2. The molecule has 1 amide bonds. The van der Waals surface area contributed by atoms with Gasteiger partial charge in [0.1, 0.15) is 5.75 Å². The number of rotatable bonds is 8. The maximum absolute atomic E-state index is 12.3. The number of hydrogen-bond acceptors (Lipinski definition) is 4. The summed E-state index contributed by atoms with van der Waals surface area (Å²) in [5, 5.41) is 6.14. The number of alkyl halides is 3. The van der Waals surface area contributed by atoms with Crippen LogP contribution in [0, 0.1) is 0 Å². The Labute approximate surface area is 180 Å². The Kier molecular flexibility index (Phi) is 8.17. The maximum Gasteiger partial charge on any atom is 0.422 e. The summed E-state index contributed by atoms with van der Waals surface area (Å²) in [5.41, 5.74) is 2.37. The first-order valence-corrected chi connectivity index (χ1v) is 10.5. The van der Waals surface area contributed by atoms with E-state index in [0.717, 1.165) is 42.9 Å². The first-order chi connectivity index (χ1) is 14.9. The van der Waals surface area contributed by atoms with Gasteiger partial charge in [0.25, 0.3) is 0 Å². The molecular weight excluding hydrogens is 407 g/mol. The van der Waals surface area contributed by atoms with Gasteiger partial charge in [0.15, 0.2) is 6.61 Å². The van der Waals surface area contributed by atoms with Crippen LogP contribution < -0.4 is 15.4 Å². The van der Waals surface area contributed by atoms with E-state index in [9.17, 15) is 18.0 Å². The highest BCUT2D eigenvalue weighted by Gasteiger charge is 2.28.